The van der Waals surface area contributed by atoms with Crippen molar-refractivity contribution in [2.45, 2.75) is 18.0 Å². The Morgan fingerprint density at radius 2 is 2.03 bits per heavy atom. The van der Waals surface area contributed by atoms with Gasteiger partial charge >= 0.3 is 12.1 Å². The molecule has 13 heteroatoms. The third kappa shape index (κ3) is 6.35. The van der Waals surface area contributed by atoms with E-state index in [0.717, 1.165) is 17.6 Å². The molecular formula is C17H17F3N4O4S2. The summed E-state index contributed by atoms with van der Waals surface area (Å²) in [5, 5.41) is 17.6. The van der Waals surface area contributed by atoms with E-state index < -0.39 is 34.2 Å². The molecule has 0 fully saturated rings. The van der Waals surface area contributed by atoms with E-state index in [1.165, 1.54) is 18.2 Å². The first kappa shape index (κ1) is 23.5. The zero-order valence-corrected chi connectivity index (χ0v) is 17.4. The number of rotatable bonds is 8. The molecular weight excluding hydrogens is 445 g/mol. The predicted molar refractivity (Wildman–Crippen MR) is 105 cm³/mol. The number of ether oxygens (including phenoxy) is 1. The topological polar surface area (TPSA) is 122 Å². The molecule has 0 aliphatic carbocycles. The van der Waals surface area contributed by atoms with Crippen molar-refractivity contribution < 1.29 is 31.1 Å². The zero-order chi connectivity index (χ0) is 22.5. The molecule has 0 spiro atoms. The van der Waals surface area contributed by atoms with Crippen LogP contribution in [0.3, 0.4) is 0 Å². The summed E-state index contributed by atoms with van der Waals surface area (Å²) in [6.07, 6.45) is -3.36. The second-order valence-corrected chi connectivity index (χ2v) is 8.83. The summed E-state index contributed by atoms with van der Waals surface area (Å²) >= 11 is 0.867. The van der Waals surface area contributed by atoms with E-state index in [9.17, 15) is 26.4 Å². The van der Waals surface area contributed by atoms with Crippen LogP contribution < -0.4 is 5.32 Å². The highest BCUT2D eigenvalue weighted by Gasteiger charge is 2.33. The fraction of sp³-hybridized carbons (Fsp3) is 0.294. The highest BCUT2D eigenvalue weighted by molar-refractivity contribution is 7.90. The van der Waals surface area contributed by atoms with Gasteiger partial charge in [-0.2, -0.15) is 13.2 Å². The van der Waals surface area contributed by atoms with E-state index in [0.29, 0.717) is 11.6 Å². The number of aromatic nitrogens is 2. The average Bonchev–Trinajstić information content (AvgIpc) is 3.14. The molecule has 0 saturated heterocycles. The van der Waals surface area contributed by atoms with Crippen molar-refractivity contribution in [1.29, 1.82) is 5.41 Å². The smallest absolute Gasteiger partial charge is 0.432 e. The molecule has 1 aromatic heterocycles. The quantitative estimate of drug-likeness (QED) is 0.457. The maximum Gasteiger partial charge on any atom is 0.432 e. The highest BCUT2D eigenvalue weighted by atomic mass is 32.2. The Bertz CT molecular complexity index is 1080. The number of benzene rings is 1. The summed E-state index contributed by atoms with van der Waals surface area (Å²) in [5.41, 5.74) is -1.49. The molecule has 162 valence electrons. The second kappa shape index (κ2) is 9.34. The molecule has 0 aliphatic rings. The van der Waals surface area contributed by atoms with Gasteiger partial charge in [-0.3, -0.25) is 10.2 Å². The minimum atomic E-state index is -4.89. The number of hydrogen-bond donors (Lipinski definition) is 2. The standard InChI is InChI=1S/C17H17F3N4O4S2/c1-3-28-14(25)9-22-12(8-13(21)17(18,19)20)16-24-23-15(29-16)10-5-4-6-11(7-10)30(2,26)27/h4-8,21-22H,3,9H2,1-2H3/b12-8-,21-13?. The van der Waals surface area contributed by atoms with Crippen molar-refractivity contribution in [3.63, 3.8) is 0 Å². The maximum absolute atomic E-state index is 12.8. The molecule has 1 aromatic carbocycles. The number of carbonyl (C=O) groups excluding carboxylic acids is 1. The predicted octanol–water partition coefficient (Wildman–Crippen LogP) is 2.68. The van der Waals surface area contributed by atoms with E-state index in [1.807, 2.05) is 0 Å². The molecule has 2 aromatic rings. The van der Waals surface area contributed by atoms with Gasteiger partial charge in [0.1, 0.15) is 17.3 Å². The number of halogens is 3. The highest BCUT2D eigenvalue weighted by Crippen LogP contribution is 2.29. The van der Waals surface area contributed by atoms with Gasteiger partial charge in [0.25, 0.3) is 0 Å². The van der Waals surface area contributed by atoms with Gasteiger partial charge in [-0.05, 0) is 25.1 Å². The van der Waals surface area contributed by atoms with E-state index in [2.05, 4.69) is 15.5 Å². The first-order valence-electron chi connectivity index (χ1n) is 8.33. The van der Waals surface area contributed by atoms with Crippen molar-refractivity contribution in [1.82, 2.24) is 15.5 Å². The molecule has 0 saturated carbocycles. The lowest BCUT2D eigenvalue weighted by atomic mass is 10.2. The van der Waals surface area contributed by atoms with Gasteiger partial charge in [0.05, 0.1) is 17.2 Å². The SMILES string of the molecule is CCOC(=O)CN/C(=C\C(=N)C(F)(F)F)c1nnc(-c2cccc(S(C)(=O)=O)c2)s1. The Morgan fingerprint density at radius 3 is 2.63 bits per heavy atom. The summed E-state index contributed by atoms with van der Waals surface area (Å²) in [6.45, 7) is 1.23. The number of esters is 1. The third-order valence-corrected chi connectivity index (χ3v) is 5.60. The lowest BCUT2D eigenvalue weighted by molar-refractivity contribution is -0.141. The molecule has 0 radical (unpaired) electrons. The number of hydrogen-bond acceptors (Lipinski definition) is 9. The van der Waals surface area contributed by atoms with Crippen molar-refractivity contribution in [2.75, 3.05) is 19.4 Å². The number of carbonyl (C=O) groups is 1. The first-order valence-corrected chi connectivity index (χ1v) is 11.0. The summed E-state index contributed by atoms with van der Waals surface area (Å²) < 4.78 is 66.5. The van der Waals surface area contributed by atoms with Crippen molar-refractivity contribution in [3.05, 3.63) is 35.3 Å². The molecule has 8 nitrogen and oxygen atoms in total. The van der Waals surface area contributed by atoms with Crippen LogP contribution >= 0.6 is 11.3 Å². The van der Waals surface area contributed by atoms with Gasteiger partial charge in [0.2, 0.25) is 0 Å². The van der Waals surface area contributed by atoms with Crippen LogP contribution in [0.4, 0.5) is 13.2 Å². The summed E-state index contributed by atoms with van der Waals surface area (Å²) in [6, 6.07) is 5.85. The monoisotopic (exact) mass is 462 g/mol. The van der Waals surface area contributed by atoms with Crippen LogP contribution in [0.15, 0.2) is 35.2 Å². The number of nitrogens with one attached hydrogen (secondary N) is 2. The van der Waals surface area contributed by atoms with Gasteiger partial charge in [-0.25, -0.2) is 8.42 Å². The molecule has 2 N–H and O–H groups in total. The van der Waals surface area contributed by atoms with E-state index in [-0.39, 0.29) is 27.2 Å². The van der Waals surface area contributed by atoms with Gasteiger partial charge < -0.3 is 10.1 Å². The van der Waals surface area contributed by atoms with Gasteiger partial charge in [0, 0.05) is 11.8 Å². The second-order valence-electron chi connectivity index (χ2n) is 5.84. The van der Waals surface area contributed by atoms with E-state index in [4.69, 9.17) is 10.1 Å². The van der Waals surface area contributed by atoms with Crippen LogP contribution in [0.5, 0.6) is 0 Å². The maximum atomic E-state index is 12.8. The van der Waals surface area contributed by atoms with Crippen molar-refractivity contribution in [3.8, 4) is 10.6 Å². The number of nitrogens with zero attached hydrogens (tertiary/aromatic N) is 2. The largest absolute Gasteiger partial charge is 0.465 e. The lowest BCUT2D eigenvalue weighted by Crippen LogP contribution is -2.26. The Kier molecular flexibility index (Phi) is 7.31. The fourth-order valence-electron chi connectivity index (χ4n) is 2.10. The molecule has 2 rings (SSSR count). The van der Waals surface area contributed by atoms with Crippen LogP contribution in [0.2, 0.25) is 0 Å². The van der Waals surface area contributed by atoms with E-state index in [1.54, 1.807) is 13.0 Å². The zero-order valence-electron chi connectivity index (χ0n) is 15.8. The van der Waals surface area contributed by atoms with Gasteiger partial charge in [0.15, 0.2) is 14.8 Å². The van der Waals surface area contributed by atoms with Gasteiger partial charge in [-0.15, -0.1) is 10.2 Å². The van der Waals surface area contributed by atoms with Crippen molar-refractivity contribution >= 4 is 38.6 Å². The Morgan fingerprint density at radius 1 is 1.33 bits per heavy atom. The molecule has 30 heavy (non-hydrogen) atoms. The number of sulfone groups is 1. The van der Waals surface area contributed by atoms with Crippen LogP contribution in [-0.2, 0) is 19.4 Å². The average molecular weight is 462 g/mol. The number of alkyl halides is 3. The molecule has 0 atom stereocenters. The van der Waals surface area contributed by atoms with Crippen molar-refractivity contribution in [2.24, 2.45) is 0 Å². The number of allylic oxidation sites excluding steroid dienone is 1. The van der Waals surface area contributed by atoms with Crippen LogP contribution in [0.1, 0.15) is 11.9 Å². The lowest BCUT2D eigenvalue weighted by Gasteiger charge is -2.10. The Balaban J connectivity index is 2.39. The van der Waals surface area contributed by atoms with Crippen LogP contribution in [0.25, 0.3) is 16.3 Å². The van der Waals surface area contributed by atoms with Crippen LogP contribution in [0, 0.1) is 5.41 Å². The van der Waals surface area contributed by atoms with Crippen LogP contribution in [-0.4, -0.2) is 55.9 Å². The molecule has 0 unspecified atom stereocenters. The summed E-state index contributed by atoms with van der Waals surface area (Å²) in [4.78, 5) is 11.6. The fourth-order valence-corrected chi connectivity index (χ4v) is 3.60. The summed E-state index contributed by atoms with van der Waals surface area (Å²) in [5.74, 6) is -0.701. The molecule has 0 amide bonds. The minimum absolute atomic E-state index is 0.0203. The van der Waals surface area contributed by atoms with Gasteiger partial charge in [-0.1, -0.05) is 23.5 Å². The molecule has 0 aliphatic heterocycles. The molecule has 0 bridgehead atoms. The van der Waals surface area contributed by atoms with E-state index >= 15 is 0 Å². The summed E-state index contributed by atoms with van der Waals surface area (Å²) in [7, 11) is -3.47. The first-order chi connectivity index (χ1) is 13.9. The Hall–Kier alpha value is -2.80. The Labute approximate surface area is 174 Å². The minimum Gasteiger partial charge on any atom is -0.465 e. The third-order valence-electron chi connectivity index (χ3n) is 3.49. The molecule has 1 heterocycles. The normalized spacial score (nSPS) is 12.5.